The summed E-state index contributed by atoms with van der Waals surface area (Å²) < 4.78 is 7.17. The van der Waals surface area contributed by atoms with Gasteiger partial charge in [-0.25, -0.2) is 15.0 Å². The molecule has 8 aromatic carbocycles. The third kappa shape index (κ3) is 4.59. The Labute approximate surface area is 346 Å². The van der Waals surface area contributed by atoms with Crippen molar-refractivity contribution in [1.29, 1.82) is 0 Å². The second-order valence-corrected chi connectivity index (χ2v) is 15.8. The van der Waals surface area contributed by atoms with Crippen LogP contribution in [0.25, 0.3) is 88.4 Å². The Balaban J connectivity index is 1.05. The van der Waals surface area contributed by atoms with E-state index in [1.165, 1.54) is 22.3 Å². The first-order valence-corrected chi connectivity index (χ1v) is 20.4. The minimum absolute atomic E-state index is 0.568. The number of hydrogen-bond acceptors (Lipinski definition) is 4. The highest BCUT2D eigenvalue weighted by Crippen LogP contribution is 2.63. The zero-order valence-electron chi connectivity index (χ0n) is 32.3. The molecule has 0 bridgehead atoms. The molecule has 0 unspecified atom stereocenters. The van der Waals surface area contributed by atoms with Crippen LogP contribution >= 0.6 is 0 Å². The number of fused-ring (bicyclic) bond motifs is 16. The number of hydrogen-bond donors (Lipinski definition) is 0. The van der Waals surface area contributed by atoms with Crippen LogP contribution in [0, 0.1) is 0 Å². The lowest BCUT2D eigenvalue weighted by atomic mass is 9.65. The highest BCUT2D eigenvalue weighted by atomic mass is 16.5. The summed E-state index contributed by atoms with van der Waals surface area (Å²) in [5.41, 5.74) is 15.2. The quantitative estimate of drug-likeness (QED) is 0.168. The van der Waals surface area contributed by atoms with E-state index in [0.717, 1.165) is 99.9 Å². The van der Waals surface area contributed by atoms with Crippen LogP contribution in [0.3, 0.4) is 0 Å². The molecule has 278 valence electrons. The van der Waals surface area contributed by atoms with Gasteiger partial charge < -0.3 is 4.74 Å². The SMILES string of the molecule is c1ccc(-c2ccc3ccc4ccc(-c5ccc6c(c5)nc(-c5ccccc5)c5c7c(ccc56)C5(c6ccccc6O7)c6ccccc6-c6ccccc65)nc4c3n2)cc1. The molecule has 0 fully saturated rings. The van der Waals surface area contributed by atoms with E-state index in [1.807, 2.05) is 18.2 Å². The molecular formula is C56H33N3O. The number of rotatable bonds is 3. The molecule has 0 amide bonds. The summed E-state index contributed by atoms with van der Waals surface area (Å²) in [5.74, 6) is 1.71. The van der Waals surface area contributed by atoms with Crippen LogP contribution in [0.5, 0.6) is 11.5 Å². The van der Waals surface area contributed by atoms with Crippen LogP contribution in [0.4, 0.5) is 0 Å². The highest BCUT2D eigenvalue weighted by Gasteiger charge is 2.51. The first-order valence-electron chi connectivity index (χ1n) is 20.4. The smallest absolute Gasteiger partial charge is 0.142 e. The van der Waals surface area contributed by atoms with Gasteiger partial charge in [-0.3, -0.25) is 0 Å². The van der Waals surface area contributed by atoms with Crippen molar-refractivity contribution in [2.45, 2.75) is 5.41 Å². The van der Waals surface area contributed by atoms with E-state index in [2.05, 4.69) is 182 Å². The van der Waals surface area contributed by atoms with Gasteiger partial charge in [0.25, 0.3) is 0 Å². The molecular weight excluding hydrogens is 731 g/mol. The monoisotopic (exact) mass is 763 g/mol. The van der Waals surface area contributed by atoms with Crippen LogP contribution in [-0.2, 0) is 5.41 Å². The summed E-state index contributed by atoms with van der Waals surface area (Å²) in [6.45, 7) is 0. The van der Waals surface area contributed by atoms with E-state index < -0.39 is 5.41 Å². The van der Waals surface area contributed by atoms with Gasteiger partial charge in [0.2, 0.25) is 0 Å². The van der Waals surface area contributed by atoms with Crippen LogP contribution in [0.2, 0.25) is 0 Å². The van der Waals surface area contributed by atoms with Crippen molar-refractivity contribution in [3.63, 3.8) is 0 Å². The van der Waals surface area contributed by atoms with E-state index in [0.29, 0.717) is 0 Å². The van der Waals surface area contributed by atoms with Crippen molar-refractivity contribution in [2.75, 3.05) is 0 Å². The third-order valence-corrected chi connectivity index (χ3v) is 12.7. The summed E-state index contributed by atoms with van der Waals surface area (Å²) in [7, 11) is 0. The fourth-order valence-electron chi connectivity index (χ4n) is 10.1. The Morgan fingerprint density at radius 2 is 0.933 bits per heavy atom. The van der Waals surface area contributed by atoms with Crippen molar-refractivity contribution in [3.05, 3.63) is 222 Å². The molecule has 0 saturated carbocycles. The Morgan fingerprint density at radius 1 is 0.383 bits per heavy atom. The van der Waals surface area contributed by atoms with E-state index in [1.54, 1.807) is 0 Å². The molecule has 4 heteroatoms. The Bertz CT molecular complexity index is 3530. The fourth-order valence-corrected chi connectivity index (χ4v) is 10.1. The zero-order valence-corrected chi connectivity index (χ0v) is 32.3. The maximum atomic E-state index is 7.17. The van der Waals surface area contributed by atoms with E-state index in [9.17, 15) is 0 Å². The first kappa shape index (κ1) is 33.1. The van der Waals surface area contributed by atoms with Gasteiger partial charge in [0, 0.05) is 44.0 Å². The molecule has 0 radical (unpaired) electrons. The molecule has 60 heavy (non-hydrogen) atoms. The van der Waals surface area contributed by atoms with Gasteiger partial charge in [-0.05, 0) is 51.9 Å². The van der Waals surface area contributed by atoms with Gasteiger partial charge in [-0.15, -0.1) is 0 Å². The third-order valence-electron chi connectivity index (χ3n) is 12.7. The number of pyridine rings is 3. The molecule has 1 aliphatic heterocycles. The van der Waals surface area contributed by atoms with Gasteiger partial charge >= 0.3 is 0 Å². The average Bonchev–Trinajstić information content (AvgIpc) is 3.61. The van der Waals surface area contributed by atoms with Crippen molar-refractivity contribution >= 4 is 43.5 Å². The van der Waals surface area contributed by atoms with Crippen molar-refractivity contribution < 1.29 is 4.74 Å². The Hall–Kier alpha value is -7.95. The summed E-state index contributed by atoms with van der Waals surface area (Å²) in [4.78, 5) is 16.0. The second kappa shape index (κ2) is 12.5. The van der Waals surface area contributed by atoms with Crippen LogP contribution in [0.15, 0.2) is 200 Å². The second-order valence-electron chi connectivity index (χ2n) is 15.8. The van der Waals surface area contributed by atoms with Gasteiger partial charge in [-0.1, -0.05) is 176 Å². The number of nitrogens with zero attached hydrogens (tertiary/aromatic N) is 3. The van der Waals surface area contributed by atoms with E-state index >= 15 is 0 Å². The van der Waals surface area contributed by atoms with Crippen LogP contribution in [-0.4, -0.2) is 15.0 Å². The van der Waals surface area contributed by atoms with E-state index in [4.69, 9.17) is 19.7 Å². The molecule has 0 saturated heterocycles. The summed E-state index contributed by atoms with van der Waals surface area (Å²) in [5, 5.41) is 5.27. The lowest BCUT2D eigenvalue weighted by Gasteiger charge is -2.40. The predicted octanol–water partition coefficient (Wildman–Crippen LogP) is 14.0. The van der Waals surface area contributed by atoms with Gasteiger partial charge in [0.1, 0.15) is 11.5 Å². The molecule has 0 atom stereocenters. The molecule has 1 aliphatic carbocycles. The molecule has 13 rings (SSSR count). The highest BCUT2D eigenvalue weighted by molar-refractivity contribution is 6.15. The average molecular weight is 764 g/mol. The van der Waals surface area contributed by atoms with Crippen molar-refractivity contribution in [1.82, 2.24) is 15.0 Å². The normalized spacial score (nSPS) is 13.3. The molecule has 11 aromatic rings. The lowest BCUT2D eigenvalue weighted by molar-refractivity contribution is 0.442. The first-order chi connectivity index (χ1) is 29.7. The topological polar surface area (TPSA) is 47.9 Å². The number of benzene rings is 8. The molecule has 4 heterocycles. The molecule has 2 aliphatic rings. The zero-order chi connectivity index (χ0) is 39.4. The molecule has 4 nitrogen and oxygen atoms in total. The van der Waals surface area contributed by atoms with Crippen molar-refractivity contribution in [3.8, 4) is 56.4 Å². The van der Waals surface area contributed by atoms with E-state index in [-0.39, 0.29) is 0 Å². The largest absolute Gasteiger partial charge is 0.456 e. The summed E-state index contributed by atoms with van der Waals surface area (Å²) in [6, 6.07) is 71.0. The Kier molecular flexibility index (Phi) is 6.90. The standard InChI is InChI=1S/C56H33N3O/c1-3-13-34(14-4-1)47-31-26-36-23-24-37-27-32-48(58-54(37)53(36)57-47)38-25-28-41-42-29-30-46-55(51(42)52(59-49(41)33-38)35-15-5-2-6-16-35)60-50-22-12-11-21-45(50)56(46)43-19-9-7-17-39(43)40-18-8-10-20-44(40)56/h1-33H. The minimum Gasteiger partial charge on any atom is -0.456 e. The van der Waals surface area contributed by atoms with Gasteiger partial charge in [0.15, 0.2) is 0 Å². The van der Waals surface area contributed by atoms with Crippen molar-refractivity contribution in [2.24, 2.45) is 0 Å². The van der Waals surface area contributed by atoms with Gasteiger partial charge in [0.05, 0.1) is 44.4 Å². The lowest BCUT2D eigenvalue weighted by Crippen LogP contribution is -2.32. The fraction of sp³-hybridized carbons (Fsp3) is 0.0179. The molecule has 0 N–H and O–H groups in total. The van der Waals surface area contributed by atoms with Crippen LogP contribution in [0.1, 0.15) is 22.3 Å². The summed E-state index contributed by atoms with van der Waals surface area (Å²) in [6.07, 6.45) is 0. The van der Waals surface area contributed by atoms with Gasteiger partial charge in [-0.2, -0.15) is 0 Å². The van der Waals surface area contributed by atoms with Crippen LogP contribution < -0.4 is 4.74 Å². The number of ether oxygens (including phenoxy) is 1. The molecule has 3 aromatic heterocycles. The maximum absolute atomic E-state index is 7.17. The Morgan fingerprint density at radius 3 is 1.62 bits per heavy atom. The molecule has 1 spiro atoms. The maximum Gasteiger partial charge on any atom is 0.142 e. The minimum atomic E-state index is -0.568. The predicted molar refractivity (Wildman–Crippen MR) is 244 cm³/mol. The number of aromatic nitrogens is 3. The summed E-state index contributed by atoms with van der Waals surface area (Å²) >= 11 is 0. The number of para-hydroxylation sites is 1.